The van der Waals surface area contributed by atoms with Gasteiger partial charge in [0.15, 0.2) is 23.5 Å². The number of phosphoric ester groups is 3. The zero-order valence-electron chi connectivity index (χ0n) is 28.7. The van der Waals surface area contributed by atoms with E-state index in [0.29, 0.717) is 18.7 Å². The molecule has 1 aliphatic heterocycles. The Balaban J connectivity index is 1.67. The number of anilines is 1. The topological polar surface area (TPSA) is 347 Å². The van der Waals surface area contributed by atoms with E-state index < -0.39 is 78.6 Å². The molecular weight excluding hydrogens is 791 g/mol. The predicted molar refractivity (Wildman–Crippen MR) is 187 cm³/mol. The number of nitrogens with zero attached hydrogens (tertiary/aromatic N) is 4. The molecule has 1 saturated heterocycles. The van der Waals surface area contributed by atoms with E-state index in [1.54, 1.807) is 12.2 Å². The van der Waals surface area contributed by atoms with Gasteiger partial charge in [0.05, 0.1) is 19.5 Å². The molecule has 0 spiro atoms. The molecule has 0 saturated carbocycles. The molecule has 300 valence electrons. The van der Waals surface area contributed by atoms with E-state index in [-0.39, 0.29) is 41.7 Å². The fourth-order valence-corrected chi connectivity index (χ4v) is 7.59. The van der Waals surface area contributed by atoms with Crippen LogP contribution >= 0.6 is 36.1 Å². The van der Waals surface area contributed by atoms with Crippen LogP contribution in [0.3, 0.4) is 0 Å². The van der Waals surface area contributed by atoms with Gasteiger partial charge in [-0.05, 0) is 12.5 Å². The molecule has 2 aromatic rings. The predicted octanol–water partition coefficient (Wildman–Crippen LogP) is 0.148. The van der Waals surface area contributed by atoms with Gasteiger partial charge in [0.25, 0.3) is 0 Å². The monoisotopic (exact) mass is 835 g/mol. The van der Waals surface area contributed by atoms with Crippen molar-refractivity contribution >= 4 is 71.0 Å². The van der Waals surface area contributed by atoms with E-state index in [1.165, 1.54) is 13.8 Å². The fourth-order valence-electron chi connectivity index (χ4n) is 4.65. The van der Waals surface area contributed by atoms with Gasteiger partial charge in [-0.15, -0.1) is 0 Å². The van der Waals surface area contributed by atoms with E-state index in [2.05, 4.69) is 42.5 Å². The molecule has 3 heterocycles. The largest absolute Gasteiger partial charge is 0.481 e. The molecule has 10 N–H and O–H groups in total. The Labute approximate surface area is 308 Å². The lowest BCUT2D eigenvalue weighted by molar-refractivity contribution is -0.137. The summed E-state index contributed by atoms with van der Waals surface area (Å²) < 4.78 is 62.5. The van der Waals surface area contributed by atoms with Gasteiger partial charge >= 0.3 is 23.5 Å². The van der Waals surface area contributed by atoms with Crippen LogP contribution in [0.4, 0.5) is 5.82 Å². The lowest BCUT2D eigenvalue weighted by Gasteiger charge is -2.30. The molecule has 0 aromatic carbocycles. The number of carbonyl (C=O) groups is 2. The van der Waals surface area contributed by atoms with Crippen LogP contribution in [-0.2, 0) is 45.9 Å². The van der Waals surface area contributed by atoms with Crippen LogP contribution < -0.4 is 16.4 Å². The average molecular weight is 836 g/mol. The van der Waals surface area contributed by atoms with Crippen LogP contribution in [0, 0.1) is 5.41 Å². The number of nitrogen functional groups attached to an aromatic ring is 1. The van der Waals surface area contributed by atoms with Gasteiger partial charge in [-0.3, -0.25) is 27.7 Å². The molecule has 1 aliphatic rings. The maximum atomic E-state index is 12.7. The minimum Gasteiger partial charge on any atom is -0.386 e. The van der Waals surface area contributed by atoms with Crippen molar-refractivity contribution in [3.8, 4) is 0 Å². The Morgan fingerprint density at radius 3 is 2.45 bits per heavy atom. The number of fused-ring (bicyclic) bond motifs is 1. The maximum Gasteiger partial charge on any atom is 0.481 e. The second kappa shape index (κ2) is 19.0. The van der Waals surface area contributed by atoms with Gasteiger partial charge in [-0.1, -0.05) is 33.3 Å². The van der Waals surface area contributed by atoms with E-state index in [1.807, 2.05) is 6.92 Å². The molecule has 1 fully saturated rings. The summed E-state index contributed by atoms with van der Waals surface area (Å²) in [4.78, 5) is 76.0. The van der Waals surface area contributed by atoms with E-state index in [0.717, 1.165) is 17.3 Å². The highest BCUT2D eigenvalue weighted by Gasteiger charge is 2.50. The first-order valence-electron chi connectivity index (χ1n) is 15.8. The quantitative estimate of drug-likeness (QED) is 0.0591. The number of hydrogen-bond acceptors (Lipinski definition) is 17. The number of imidazole rings is 1. The smallest absolute Gasteiger partial charge is 0.386 e. The van der Waals surface area contributed by atoms with Crippen LogP contribution in [0.2, 0.25) is 0 Å². The standard InChI is InChI=1S/C26H44N7O16P3S/c1-4-5-6-7-16-31-22(27)18-23(32-16)33(14-30-18)25-19(35)20(48-50(38,39)40)15(47-25)12-45-51(41,42)49-52(43,44)46-13-26(2,3)21(36)24(37)29-9-8-17(34)28-10-11-53/h6-7,14-15,19-21,25,35-36,53H,4-5,8-13H2,1-3H3,(H,28,34)(H,29,37)(H,41,42)(H,43,44)(H2,27,31,32)(H2,38,39,40)/t15-,19-,20-,21+,25-/m1/s1. The summed E-state index contributed by atoms with van der Waals surface area (Å²) >= 11 is 3.96. The Kier molecular flexibility index (Phi) is 16.1. The van der Waals surface area contributed by atoms with E-state index >= 15 is 0 Å². The molecule has 2 aromatic heterocycles. The molecule has 3 rings (SSSR count). The van der Waals surface area contributed by atoms with Crippen molar-refractivity contribution in [2.24, 2.45) is 5.41 Å². The number of allylic oxidation sites excluding steroid dienone is 1. The Bertz CT molecular complexity index is 1760. The average Bonchev–Trinajstić information content (AvgIpc) is 3.61. The molecule has 2 amide bonds. The minimum atomic E-state index is -5.56. The number of hydrogen-bond donors (Lipinski definition) is 10. The third kappa shape index (κ3) is 13.4. The molecule has 27 heteroatoms. The van der Waals surface area contributed by atoms with Crippen LogP contribution in [0.5, 0.6) is 0 Å². The zero-order valence-corrected chi connectivity index (χ0v) is 32.3. The van der Waals surface area contributed by atoms with Crippen molar-refractivity contribution in [1.82, 2.24) is 30.2 Å². The first kappa shape index (κ1) is 45.0. The molecule has 0 bridgehead atoms. The highest BCUT2D eigenvalue weighted by Crippen LogP contribution is 2.61. The molecule has 7 atom stereocenters. The van der Waals surface area contributed by atoms with Gasteiger partial charge in [0.1, 0.15) is 29.9 Å². The zero-order chi connectivity index (χ0) is 39.8. The van der Waals surface area contributed by atoms with Crippen molar-refractivity contribution in [2.75, 3.05) is 37.8 Å². The summed E-state index contributed by atoms with van der Waals surface area (Å²) in [5, 5.41) is 26.4. The number of nitrogens with one attached hydrogen (secondary N) is 2. The SMILES string of the molecule is CCCC=Cc1nc(N)c2ncn([C@@H]3O[C@H](COP(=O)(O)OP(=O)(O)OCC(C)(C)[C@@H](O)C(=O)NCCC(=O)NCCS)[C@@H](OP(=O)(O)O)[C@H]3O)c2n1. The summed E-state index contributed by atoms with van der Waals surface area (Å²) in [5.74, 6) is -0.762. The molecular formula is C26H44N7O16P3S. The Hall–Kier alpha value is -2.37. The van der Waals surface area contributed by atoms with Crippen molar-refractivity contribution in [1.29, 1.82) is 0 Å². The van der Waals surface area contributed by atoms with Crippen LogP contribution in [0.25, 0.3) is 17.2 Å². The van der Waals surface area contributed by atoms with Crippen molar-refractivity contribution < 1.29 is 75.7 Å². The summed E-state index contributed by atoms with van der Waals surface area (Å²) in [7, 11) is -16.4. The summed E-state index contributed by atoms with van der Waals surface area (Å²) in [6.45, 7) is 2.68. The second-order valence-electron chi connectivity index (χ2n) is 12.2. The van der Waals surface area contributed by atoms with Crippen LogP contribution in [-0.4, -0.2) is 118 Å². The third-order valence-corrected chi connectivity index (χ3v) is 10.6. The number of carbonyl (C=O) groups excluding carboxylic acids is 2. The minimum absolute atomic E-state index is 0.0306. The number of aliphatic hydroxyl groups is 2. The van der Waals surface area contributed by atoms with Crippen molar-refractivity contribution in [3.63, 3.8) is 0 Å². The first-order valence-corrected chi connectivity index (χ1v) is 21.0. The van der Waals surface area contributed by atoms with Crippen LogP contribution in [0.15, 0.2) is 12.4 Å². The summed E-state index contributed by atoms with van der Waals surface area (Å²) in [6, 6.07) is 0. The number of nitrogens with two attached hydrogens (primary N) is 1. The van der Waals surface area contributed by atoms with E-state index in [9.17, 15) is 53.1 Å². The van der Waals surface area contributed by atoms with Crippen LogP contribution in [0.1, 0.15) is 52.1 Å². The third-order valence-electron chi connectivity index (χ3n) is 7.31. The molecule has 53 heavy (non-hydrogen) atoms. The normalized spacial score (nSPS) is 22.5. The maximum absolute atomic E-state index is 12.7. The Morgan fingerprint density at radius 1 is 1.13 bits per heavy atom. The van der Waals surface area contributed by atoms with Gasteiger partial charge in [-0.25, -0.2) is 28.6 Å². The number of phosphoric acid groups is 3. The number of amides is 2. The number of aliphatic hydroxyl groups excluding tert-OH is 2. The fraction of sp³-hybridized carbons (Fsp3) is 0.654. The number of aromatic nitrogens is 4. The van der Waals surface area contributed by atoms with E-state index in [4.69, 9.17) is 24.0 Å². The molecule has 2 unspecified atom stereocenters. The molecule has 23 nitrogen and oxygen atoms in total. The summed E-state index contributed by atoms with van der Waals surface area (Å²) in [6.07, 6.45) is -2.93. The molecule has 0 radical (unpaired) electrons. The number of rotatable bonds is 21. The lowest BCUT2D eigenvalue weighted by Crippen LogP contribution is -2.46. The summed E-state index contributed by atoms with van der Waals surface area (Å²) in [5.41, 5.74) is 4.57. The Morgan fingerprint density at radius 2 is 1.81 bits per heavy atom. The van der Waals surface area contributed by atoms with Gasteiger partial charge in [0.2, 0.25) is 11.8 Å². The van der Waals surface area contributed by atoms with Crippen molar-refractivity contribution in [2.45, 2.75) is 70.7 Å². The van der Waals surface area contributed by atoms with Crippen molar-refractivity contribution in [3.05, 3.63) is 18.2 Å². The highest BCUT2D eigenvalue weighted by molar-refractivity contribution is 7.80. The first-order chi connectivity index (χ1) is 24.6. The second-order valence-corrected chi connectivity index (χ2v) is 16.9. The van der Waals surface area contributed by atoms with Gasteiger partial charge < -0.3 is 50.9 Å². The molecule has 0 aliphatic carbocycles. The van der Waals surface area contributed by atoms with Gasteiger partial charge in [-0.2, -0.15) is 16.9 Å². The number of ether oxygens (including phenoxy) is 1. The van der Waals surface area contributed by atoms with Gasteiger partial charge in [0, 0.05) is 30.7 Å². The lowest BCUT2D eigenvalue weighted by atomic mass is 9.87. The highest BCUT2D eigenvalue weighted by atomic mass is 32.1. The number of thiol groups is 1. The number of unbranched alkanes of at least 4 members (excludes halogenated alkanes) is 1.